The minimum absolute atomic E-state index is 0.133. The molecule has 0 spiro atoms. The summed E-state index contributed by atoms with van der Waals surface area (Å²) in [5.74, 6) is 1.62. The van der Waals surface area contributed by atoms with E-state index in [1.165, 1.54) is 0 Å². The van der Waals surface area contributed by atoms with E-state index in [2.05, 4.69) is 31.0 Å². The van der Waals surface area contributed by atoms with Gasteiger partial charge in [-0.15, -0.1) is 10.2 Å². The minimum Gasteiger partial charge on any atom is -0.331 e. The molecule has 0 radical (unpaired) electrons. The topological polar surface area (TPSA) is 79.4 Å². The first-order valence-electron chi connectivity index (χ1n) is 9.19. The first kappa shape index (κ1) is 16.4. The molecule has 10 heteroatoms. The Balaban J connectivity index is 1.51. The first-order valence-corrected chi connectivity index (χ1v) is 9.56. The van der Waals surface area contributed by atoms with Gasteiger partial charge in [0.05, 0.1) is 11.0 Å². The standard InChI is InChI=1S/C19H16ClN9/c20-14-7-5-13(6-8-14)17-25-18-21-9-27(26-10-22-23-11-26)12-28(18)19-24-15-3-1-2-4-16(15)29(17)19/h1-8,10-11,17H,9,12H2,(H,21,25)/t17-/m0/s1. The largest absolute Gasteiger partial charge is 0.331 e. The SMILES string of the molecule is Clc1ccc([C@H]2NC3=NCN(n4cnnc4)CN3c3nc4ccccc4n32)cc1. The molecule has 144 valence electrons. The molecule has 0 fully saturated rings. The summed E-state index contributed by atoms with van der Waals surface area (Å²) in [4.78, 5) is 11.7. The molecule has 0 saturated heterocycles. The number of hydrogen-bond donors (Lipinski definition) is 1. The Kier molecular flexibility index (Phi) is 3.51. The van der Waals surface area contributed by atoms with E-state index in [0.29, 0.717) is 18.4 Å². The zero-order chi connectivity index (χ0) is 19.4. The third-order valence-corrected chi connectivity index (χ3v) is 5.46. The Morgan fingerprint density at radius 1 is 1.00 bits per heavy atom. The number of rotatable bonds is 2. The highest BCUT2D eigenvalue weighted by molar-refractivity contribution is 6.30. The molecule has 29 heavy (non-hydrogen) atoms. The number of hydrogen-bond acceptors (Lipinski definition) is 7. The monoisotopic (exact) mass is 405 g/mol. The van der Waals surface area contributed by atoms with Crippen LogP contribution in [-0.4, -0.2) is 43.7 Å². The van der Waals surface area contributed by atoms with Crippen LogP contribution in [0.25, 0.3) is 11.0 Å². The molecule has 6 rings (SSSR count). The van der Waals surface area contributed by atoms with Crippen molar-refractivity contribution in [3.63, 3.8) is 0 Å². The normalized spacial score (nSPS) is 18.2. The second-order valence-corrected chi connectivity index (χ2v) is 7.35. The summed E-state index contributed by atoms with van der Waals surface area (Å²) >= 11 is 6.11. The second-order valence-electron chi connectivity index (χ2n) is 6.91. The zero-order valence-electron chi connectivity index (χ0n) is 15.2. The lowest BCUT2D eigenvalue weighted by Gasteiger charge is -2.42. The van der Waals surface area contributed by atoms with Crippen molar-refractivity contribution in [1.82, 2.24) is 29.7 Å². The summed E-state index contributed by atoms with van der Waals surface area (Å²) in [6, 6.07) is 16.0. The number of guanidine groups is 1. The molecular formula is C19H16ClN9. The van der Waals surface area contributed by atoms with Crippen LogP contribution in [0.3, 0.4) is 0 Å². The number of nitrogens with one attached hydrogen (secondary N) is 1. The Hall–Kier alpha value is -3.59. The average molecular weight is 406 g/mol. The quantitative estimate of drug-likeness (QED) is 0.550. The third kappa shape index (κ3) is 2.54. The van der Waals surface area contributed by atoms with E-state index in [4.69, 9.17) is 21.6 Å². The number of benzene rings is 2. The van der Waals surface area contributed by atoms with Gasteiger partial charge >= 0.3 is 0 Å². The maximum atomic E-state index is 6.11. The third-order valence-electron chi connectivity index (χ3n) is 5.21. The summed E-state index contributed by atoms with van der Waals surface area (Å²) in [5.41, 5.74) is 3.07. The molecule has 0 unspecified atom stereocenters. The van der Waals surface area contributed by atoms with Crippen LogP contribution in [0.15, 0.2) is 66.2 Å². The number of para-hydroxylation sites is 2. The van der Waals surface area contributed by atoms with Gasteiger partial charge in [0.15, 0.2) is 0 Å². The summed E-state index contributed by atoms with van der Waals surface area (Å²) in [5, 5.41) is 14.1. The molecule has 0 amide bonds. The van der Waals surface area contributed by atoms with Gasteiger partial charge in [-0.3, -0.25) is 14.5 Å². The fourth-order valence-electron chi connectivity index (χ4n) is 3.82. The molecule has 2 aliphatic heterocycles. The van der Waals surface area contributed by atoms with E-state index in [0.717, 1.165) is 28.5 Å². The lowest BCUT2D eigenvalue weighted by Crippen LogP contribution is -2.59. The number of imidazole rings is 1. The van der Waals surface area contributed by atoms with Crippen molar-refractivity contribution in [3.05, 3.63) is 71.8 Å². The maximum Gasteiger partial charge on any atom is 0.217 e. The molecule has 2 aromatic heterocycles. The summed E-state index contributed by atoms with van der Waals surface area (Å²) < 4.78 is 4.03. The lowest BCUT2D eigenvalue weighted by atomic mass is 10.1. The van der Waals surface area contributed by atoms with Crippen molar-refractivity contribution in [2.75, 3.05) is 23.2 Å². The molecule has 1 atom stereocenters. The minimum atomic E-state index is -0.133. The fourth-order valence-corrected chi connectivity index (χ4v) is 3.94. The van der Waals surface area contributed by atoms with Crippen molar-refractivity contribution >= 4 is 34.5 Å². The molecule has 1 N–H and O–H groups in total. The van der Waals surface area contributed by atoms with Gasteiger partial charge in [-0.25, -0.2) is 14.7 Å². The van der Waals surface area contributed by atoms with Gasteiger partial charge in [-0.1, -0.05) is 35.9 Å². The van der Waals surface area contributed by atoms with Crippen LogP contribution in [0, 0.1) is 0 Å². The zero-order valence-corrected chi connectivity index (χ0v) is 16.0. The highest BCUT2D eigenvalue weighted by Crippen LogP contribution is 2.34. The Morgan fingerprint density at radius 3 is 2.62 bits per heavy atom. The van der Waals surface area contributed by atoms with E-state index in [1.807, 2.05) is 52.1 Å². The number of aromatic nitrogens is 5. The highest BCUT2D eigenvalue weighted by Gasteiger charge is 2.36. The highest BCUT2D eigenvalue weighted by atomic mass is 35.5. The Morgan fingerprint density at radius 2 is 1.79 bits per heavy atom. The van der Waals surface area contributed by atoms with E-state index in [9.17, 15) is 0 Å². The molecule has 4 heterocycles. The van der Waals surface area contributed by atoms with Crippen molar-refractivity contribution in [3.8, 4) is 0 Å². The lowest BCUT2D eigenvalue weighted by molar-refractivity contribution is 0.495. The van der Waals surface area contributed by atoms with Gasteiger partial charge in [-0.2, -0.15) is 0 Å². The molecule has 9 nitrogen and oxygen atoms in total. The Labute approximate surface area is 170 Å². The summed E-state index contributed by atoms with van der Waals surface area (Å²) in [7, 11) is 0. The molecule has 0 saturated carbocycles. The van der Waals surface area contributed by atoms with Crippen LogP contribution >= 0.6 is 11.6 Å². The smallest absolute Gasteiger partial charge is 0.217 e. The van der Waals surface area contributed by atoms with E-state index >= 15 is 0 Å². The van der Waals surface area contributed by atoms with Crippen LogP contribution in [0.2, 0.25) is 5.02 Å². The molecular weight excluding hydrogens is 390 g/mol. The van der Waals surface area contributed by atoms with Crippen LogP contribution < -0.4 is 15.2 Å². The number of aliphatic imine (C=N–C) groups is 1. The predicted molar refractivity (Wildman–Crippen MR) is 110 cm³/mol. The van der Waals surface area contributed by atoms with Gasteiger partial charge in [-0.05, 0) is 29.8 Å². The van der Waals surface area contributed by atoms with E-state index < -0.39 is 0 Å². The Bertz CT molecular complexity index is 1210. The van der Waals surface area contributed by atoms with Crippen molar-refractivity contribution < 1.29 is 0 Å². The van der Waals surface area contributed by atoms with Crippen molar-refractivity contribution in [2.24, 2.45) is 4.99 Å². The van der Waals surface area contributed by atoms with Crippen molar-refractivity contribution in [2.45, 2.75) is 6.17 Å². The molecule has 4 aromatic rings. The van der Waals surface area contributed by atoms with Gasteiger partial charge < -0.3 is 5.32 Å². The molecule has 0 bridgehead atoms. The fraction of sp³-hybridized carbons (Fsp3) is 0.158. The van der Waals surface area contributed by atoms with Crippen LogP contribution in [0.5, 0.6) is 0 Å². The summed E-state index contributed by atoms with van der Waals surface area (Å²) in [6.45, 7) is 1.06. The van der Waals surface area contributed by atoms with Crippen LogP contribution in [-0.2, 0) is 0 Å². The predicted octanol–water partition coefficient (Wildman–Crippen LogP) is 2.16. The first-order chi connectivity index (χ1) is 14.3. The van der Waals surface area contributed by atoms with Crippen LogP contribution in [0.1, 0.15) is 11.7 Å². The van der Waals surface area contributed by atoms with Gasteiger partial charge in [0.1, 0.15) is 32.2 Å². The van der Waals surface area contributed by atoms with E-state index in [-0.39, 0.29) is 6.17 Å². The maximum absolute atomic E-state index is 6.11. The second kappa shape index (κ2) is 6.21. The van der Waals surface area contributed by atoms with Gasteiger partial charge in [0.2, 0.25) is 11.9 Å². The number of halogens is 1. The van der Waals surface area contributed by atoms with Gasteiger partial charge in [0, 0.05) is 5.02 Å². The number of anilines is 1. The number of nitrogens with zero attached hydrogens (tertiary/aromatic N) is 8. The molecule has 2 aliphatic rings. The molecule has 2 aromatic carbocycles. The van der Waals surface area contributed by atoms with Crippen molar-refractivity contribution in [1.29, 1.82) is 0 Å². The average Bonchev–Trinajstić information content (AvgIpc) is 3.42. The summed E-state index contributed by atoms with van der Waals surface area (Å²) in [6.07, 6.45) is 3.19. The van der Waals surface area contributed by atoms with Crippen LogP contribution in [0.4, 0.5) is 5.95 Å². The molecule has 0 aliphatic carbocycles. The van der Waals surface area contributed by atoms with Gasteiger partial charge in [0.25, 0.3) is 0 Å². The van der Waals surface area contributed by atoms with E-state index in [1.54, 1.807) is 12.7 Å². The number of fused-ring (bicyclic) bond motifs is 5.